The van der Waals surface area contributed by atoms with Crippen LogP contribution < -0.4 is 10.8 Å². The predicted molar refractivity (Wildman–Crippen MR) is 62.0 cm³/mol. The maximum absolute atomic E-state index is 12.4. The Kier molecular flexibility index (Phi) is 3.77. The van der Waals surface area contributed by atoms with Crippen LogP contribution in [-0.2, 0) is 11.0 Å². The van der Waals surface area contributed by atoms with Crippen LogP contribution in [0.25, 0.3) is 0 Å². The van der Waals surface area contributed by atoms with Crippen LogP contribution in [0.5, 0.6) is 0 Å². The molecule has 0 spiro atoms. The minimum Gasteiger partial charge on any atom is -0.371 e. The first-order valence-corrected chi connectivity index (χ1v) is 5.78. The van der Waals surface area contributed by atoms with Crippen molar-refractivity contribution in [1.82, 2.24) is 0 Å². The summed E-state index contributed by atoms with van der Waals surface area (Å²) in [5.41, 5.74) is 0.185. The molecular weight excluding hydrogens is 245 g/mol. The Morgan fingerprint density at radius 2 is 1.67 bits per heavy atom. The van der Waals surface area contributed by atoms with Gasteiger partial charge in [0, 0.05) is 18.8 Å². The molecule has 1 aromatic carbocycles. The van der Waals surface area contributed by atoms with Gasteiger partial charge in [0.15, 0.2) is 0 Å². The van der Waals surface area contributed by atoms with Gasteiger partial charge in [0.1, 0.15) is 0 Å². The van der Waals surface area contributed by atoms with Crippen LogP contribution in [0.2, 0.25) is 0 Å². The standard InChI is InChI=1S/C12H15F3N2O/c13-12(14,15)9-1-3-10(4-2-9)17-7-5-11(18-16)6-8-17/h1-4,11H,5-8,16H2. The number of anilines is 1. The molecule has 1 fully saturated rings. The van der Waals surface area contributed by atoms with Gasteiger partial charge in [-0.1, -0.05) is 0 Å². The van der Waals surface area contributed by atoms with E-state index in [4.69, 9.17) is 10.7 Å². The Labute approximate surface area is 103 Å². The number of hydrogen-bond acceptors (Lipinski definition) is 3. The molecule has 0 saturated carbocycles. The van der Waals surface area contributed by atoms with Crippen molar-refractivity contribution < 1.29 is 18.0 Å². The fourth-order valence-electron chi connectivity index (χ4n) is 2.11. The Hall–Kier alpha value is -1.27. The molecule has 1 aromatic rings. The molecule has 1 heterocycles. The van der Waals surface area contributed by atoms with Crippen molar-refractivity contribution in [2.75, 3.05) is 18.0 Å². The third-order valence-corrected chi connectivity index (χ3v) is 3.19. The first-order valence-electron chi connectivity index (χ1n) is 5.78. The monoisotopic (exact) mass is 260 g/mol. The van der Waals surface area contributed by atoms with Gasteiger partial charge in [-0.15, -0.1) is 0 Å². The van der Waals surface area contributed by atoms with Crippen molar-refractivity contribution >= 4 is 5.69 Å². The van der Waals surface area contributed by atoms with E-state index in [2.05, 4.69) is 0 Å². The van der Waals surface area contributed by atoms with Gasteiger partial charge in [0.25, 0.3) is 0 Å². The molecule has 100 valence electrons. The van der Waals surface area contributed by atoms with Crippen molar-refractivity contribution in [2.24, 2.45) is 5.90 Å². The van der Waals surface area contributed by atoms with E-state index < -0.39 is 11.7 Å². The molecule has 0 aromatic heterocycles. The SMILES string of the molecule is NOC1CCN(c2ccc(C(F)(F)F)cc2)CC1. The highest BCUT2D eigenvalue weighted by Crippen LogP contribution is 2.31. The summed E-state index contributed by atoms with van der Waals surface area (Å²) in [5, 5.41) is 0. The Morgan fingerprint density at radius 1 is 1.11 bits per heavy atom. The van der Waals surface area contributed by atoms with E-state index in [0.717, 1.165) is 43.8 Å². The Balaban J connectivity index is 2.02. The molecule has 1 aliphatic heterocycles. The van der Waals surface area contributed by atoms with Crippen molar-refractivity contribution in [3.63, 3.8) is 0 Å². The highest BCUT2D eigenvalue weighted by molar-refractivity contribution is 5.48. The normalized spacial score (nSPS) is 18.1. The van der Waals surface area contributed by atoms with Gasteiger partial charge in [0.2, 0.25) is 0 Å². The van der Waals surface area contributed by atoms with Gasteiger partial charge in [-0.3, -0.25) is 0 Å². The first kappa shape index (κ1) is 13.2. The second-order valence-electron chi connectivity index (χ2n) is 4.37. The van der Waals surface area contributed by atoms with E-state index >= 15 is 0 Å². The Morgan fingerprint density at radius 3 is 2.11 bits per heavy atom. The number of nitrogens with zero attached hydrogens (tertiary/aromatic N) is 1. The van der Waals surface area contributed by atoms with Gasteiger partial charge in [-0.25, -0.2) is 5.90 Å². The van der Waals surface area contributed by atoms with Crippen LogP contribution in [0.3, 0.4) is 0 Å². The van der Waals surface area contributed by atoms with Gasteiger partial charge in [0.05, 0.1) is 11.7 Å². The van der Waals surface area contributed by atoms with E-state index in [0.29, 0.717) is 0 Å². The van der Waals surface area contributed by atoms with Crippen molar-refractivity contribution in [2.45, 2.75) is 25.1 Å². The first-order chi connectivity index (χ1) is 8.50. The lowest BCUT2D eigenvalue weighted by molar-refractivity contribution is -0.137. The summed E-state index contributed by atoms with van der Waals surface area (Å²) < 4.78 is 37.2. The number of piperidine rings is 1. The van der Waals surface area contributed by atoms with Crippen LogP contribution >= 0.6 is 0 Å². The second-order valence-corrected chi connectivity index (χ2v) is 4.37. The molecule has 6 heteroatoms. The third kappa shape index (κ3) is 2.94. The highest BCUT2D eigenvalue weighted by Gasteiger charge is 2.30. The van der Waals surface area contributed by atoms with Crippen molar-refractivity contribution in [3.8, 4) is 0 Å². The van der Waals surface area contributed by atoms with Crippen LogP contribution in [0.1, 0.15) is 18.4 Å². The van der Waals surface area contributed by atoms with Crippen LogP contribution in [-0.4, -0.2) is 19.2 Å². The maximum atomic E-state index is 12.4. The Bertz CT molecular complexity index is 383. The fraction of sp³-hybridized carbons (Fsp3) is 0.500. The quantitative estimate of drug-likeness (QED) is 0.830. The summed E-state index contributed by atoms with van der Waals surface area (Å²) in [5.74, 6) is 5.11. The van der Waals surface area contributed by atoms with Gasteiger partial charge >= 0.3 is 6.18 Å². The number of nitrogens with two attached hydrogens (primary N) is 1. The lowest BCUT2D eigenvalue weighted by Gasteiger charge is -2.32. The van der Waals surface area contributed by atoms with Crippen LogP contribution in [0, 0.1) is 0 Å². The summed E-state index contributed by atoms with van der Waals surface area (Å²) in [6.07, 6.45) is -2.65. The smallest absolute Gasteiger partial charge is 0.371 e. The second kappa shape index (κ2) is 5.16. The van der Waals surface area contributed by atoms with Crippen molar-refractivity contribution in [3.05, 3.63) is 29.8 Å². The van der Waals surface area contributed by atoms with Crippen LogP contribution in [0.15, 0.2) is 24.3 Å². The number of hydrogen-bond donors (Lipinski definition) is 1. The maximum Gasteiger partial charge on any atom is 0.416 e. The van der Waals surface area contributed by atoms with Crippen LogP contribution in [0.4, 0.5) is 18.9 Å². The van der Waals surface area contributed by atoms with E-state index in [1.165, 1.54) is 12.1 Å². The van der Waals surface area contributed by atoms with Gasteiger partial charge in [-0.2, -0.15) is 13.2 Å². The lowest BCUT2D eigenvalue weighted by Crippen LogP contribution is -2.38. The van der Waals surface area contributed by atoms with E-state index in [9.17, 15) is 13.2 Å². The third-order valence-electron chi connectivity index (χ3n) is 3.19. The zero-order valence-electron chi connectivity index (χ0n) is 9.78. The molecule has 0 bridgehead atoms. The molecule has 2 rings (SSSR count). The highest BCUT2D eigenvalue weighted by atomic mass is 19.4. The molecule has 0 aliphatic carbocycles. The fourth-order valence-corrected chi connectivity index (χ4v) is 2.11. The average Bonchev–Trinajstić information content (AvgIpc) is 2.38. The minimum absolute atomic E-state index is 0.0516. The molecule has 0 unspecified atom stereocenters. The minimum atomic E-state index is -4.28. The average molecular weight is 260 g/mol. The molecule has 0 radical (unpaired) electrons. The molecule has 18 heavy (non-hydrogen) atoms. The topological polar surface area (TPSA) is 38.5 Å². The summed E-state index contributed by atoms with van der Waals surface area (Å²) in [6, 6.07) is 5.24. The van der Waals surface area contributed by atoms with Gasteiger partial charge in [-0.05, 0) is 37.1 Å². The van der Waals surface area contributed by atoms with E-state index in [-0.39, 0.29) is 6.10 Å². The predicted octanol–water partition coefficient (Wildman–Crippen LogP) is 2.56. The molecule has 1 aliphatic rings. The number of benzene rings is 1. The summed E-state index contributed by atoms with van der Waals surface area (Å²) >= 11 is 0. The molecule has 1 saturated heterocycles. The molecular formula is C12H15F3N2O. The number of rotatable bonds is 2. The summed E-state index contributed by atoms with van der Waals surface area (Å²) in [7, 11) is 0. The molecule has 3 nitrogen and oxygen atoms in total. The summed E-state index contributed by atoms with van der Waals surface area (Å²) in [4.78, 5) is 6.80. The van der Waals surface area contributed by atoms with Gasteiger partial charge < -0.3 is 9.74 Å². The molecule has 0 amide bonds. The zero-order chi connectivity index (χ0) is 13.2. The zero-order valence-corrected chi connectivity index (χ0v) is 9.78. The number of alkyl halides is 3. The van der Waals surface area contributed by atoms with E-state index in [1.54, 1.807) is 0 Å². The number of halogens is 3. The van der Waals surface area contributed by atoms with Crippen molar-refractivity contribution in [1.29, 1.82) is 0 Å². The molecule has 2 N–H and O–H groups in total. The largest absolute Gasteiger partial charge is 0.416 e. The molecule has 0 atom stereocenters. The lowest BCUT2D eigenvalue weighted by atomic mass is 10.1. The van der Waals surface area contributed by atoms with E-state index in [1.807, 2.05) is 4.90 Å². The summed E-state index contributed by atoms with van der Waals surface area (Å²) in [6.45, 7) is 1.49.